The van der Waals surface area contributed by atoms with Crippen molar-refractivity contribution >= 4 is 5.91 Å². The van der Waals surface area contributed by atoms with Crippen LogP contribution in [0, 0.1) is 17.6 Å². The van der Waals surface area contributed by atoms with E-state index in [0.717, 1.165) is 18.2 Å². The average molecular weight is 242 g/mol. The van der Waals surface area contributed by atoms with E-state index in [-0.39, 0.29) is 24.4 Å². The number of rotatable bonds is 4. The zero-order valence-corrected chi connectivity index (χ0v) is 9.91. The maximum Gasteiger partial charge on any atom is 0.226 e. The molecule has 17 heavy (non-hydrogen) atoms. The van der Waals surface area contributed by atoms with E-state index in [1.54, 1.807) is 14.1 Å². The minimum atomic E-state index is -0.527. The van der Waals surface area contributed by atoms with E-state index in [2.05, 4.69) is 0 Å². The van der Waals surface area contributed by atoms with Gasteiger partial charge in [-0.2, -0.15) is 0 Å². The van der Waals surface area contributed by atoms with Crippen LogP contribution in [-0.4, -0.2) is 31.4 Å². The fourth-order valence-corrected chi connectivity index (χ4v) is 1.60. The van der Waals surface area contributed by atoms with Gasteiger partial charge in [0.2, 0.25) is 5.91 Å². The van der Waals surface area contributed by atoms with Crippen molar-refractivity contribution in [3.8, 4) is 0 Å². The molecule has 0 saturated heterocycles. The van der Waals surface area contributed by atoms with Gasteiger partial charge in [-0.3, -0.25) is 4.79 Å². The Bertz CT molecular complexity index is 407. The van der Waals surface area contributed by atoms with Crippen molar-refractivity contribution in [2.75, 3.05) is 20.6 Å². The van der Waals surface area contributed by atoms with Crippen LogP contribution < -0.4 is 5.73 Å². The topological polar surface area (TPSA) is 46.3 Å². The van der Waals surface area contributed by atoms with Crippen LogP contribution in [-0.2, 0) is 11.2 Å². The number of carbonyl (C=O) groups excluding carboxylic acids is 1. The van der Waals surface area contributed by atoms with Crippen molar-refractivity contribution in [3.63, 3.8) is 0 Å². The van der Waals surface area contributed by atoms with E-state index in [4.69, 9.17) is 5.73 Å². The molecule has 0 aliphatic rings. The van der Waals surface area contributed by atoms with Gasteiger partial charge in [0.1, 0.15) is 11.6 Å². The second kappa shape index (κ2) is 5.72. The Labute approximate surface area is 99.2 Å². The second-order valence-corrected chi connectivity index (χ2v) is 4.11. The highest BCUT2D eigenvalue weighted by molar-refractivity contribution is 5.78. The first-order valence-electron chi connectivity index (χ1n) is 5.31. The predicted octanol–water partition coefficient (Wildman–Crippen LogP) is 1.17. The van der Waals surface area contributed by atoms with Crippen LogP contribution >= 0.6 is 0 Å². The van der Waals surface area contributed by atoms with Gasteiger partial charge in [-0.25, -0.2) is 8.78 Å². The number of nitrogens with two attached hydrogens (primary N) is 1. The van der Waals surface area contributed by atoms with Crippen molar-refractivity contribution in [1.29, 1.82) is 0 Å². The number of carbonyl (C=O) groups is 1. The molecule has 2 N–H and O–H groups in total. The summed E-state index contributed by atoms with van der Waals surface area (Å²) in [4.78, 5) is 13.1. The van der Waals surface area contributed by atoms with Gasteiger partial charge in [0.15, 0.2) is 0 Å². The number of halogens is 2. The minimum Gasteiger partial charge on any atom is -0.349 e. The maximum absolute atomic E-state index is 13.4. The van der Waals surface area contributed by atoms with Gasteiger partial charge in [-0.15, -0.1) is 0 Å². The molecule has 0 fully saturated rings. The number of hydrogen-bond donors (Lipinski definition) is 1. The van der Waals surface area contributed by atoms with E-state index in [1.165, 1.54) is 4.90 Å². The van der Waals surface area contributed by atoms with Crippen molar-refractivity contribution < 1.29 is 13.6 Å². The molecule has 1 aromatic rings. The molecule has 5 heteroatoms. The van der Waals surface area contributed by atoms with Gasteiger partial charge in [0, 0.05) is 20.6 Å². The van der Waals surface area contributed by atoms with Crippen LogP contribution in [0.15, 0.2) is 18.2 Å². The number of amides is 1. The lowest BCUT2D eigenvalue weighted by atomic mass is 9.97. The van der Waals surface area contributed by atoms with Gasteiger partial charge in [-0.05, 0) is 30.2 Å². The van der Waals surface area contributed by atoms with Crippen molar-refractivity contribution in [1.82, 2.24) is 4.90 Å². The zero-order chi connectivity index (χ0) is 13.0. The molecular weight excluding hydrogens is 226 g/mol. The van der Waals surface area contributed by atoms with Crippen molar-refractivity contribution in [2.24, 2.45) is 11.7 Å². The summed E-state index contributed by atoms with van der Waals surface area (Å²) in [5, 5.41) is 0. The molecule has 0 aromatic heterocycles. The molecule has 1 amide bonds. The summed E-state index contributed by atoms with van der Waals surface area (Å²) in [6, 6.07) is 3.20. The van der Waals surface area contributed by atoms with Gasteiger partial charge < -0.3 is 10.6 Å². The average Bonchev–Trinajstić information content (AvgIpc) is 2.29. The standard InChI is InChI=1S/C12H16F2N2O/c1-16(2)12(17)9(7-15)5-8-6-10(13)3-4-11(8)14/h3-4,6,9H,5,7,15H2,1-2H3. The molecule has 0 bridgehead atoms. The van der Waals surface area contributed by atoms with E-state index >= 15 is 0 Å². The normalized spacial score (nSPS) is 12.3. The van der Waals surface area contributed by atoms with Gasteiger partial charge in [-0.1, -0.05) is 0 Å². The number of benzene rings is 1. The summed E-state index contributed by atoms with van der Waals surface area (Å²) in [5.74, 6) is -1.75. The fourth-order valence-electron chi connectivity index (χ4n) is 1.60. The zero-order valence-electron chi connectivity index (χ0n) is 9.91. The van der Waals surface area contributed by atoms with E-state index in [1.807, 2.05) is 0 Å². The Morgan fingerprint density at radius 3 is 2.59 bits per heavy atom. The lowest BCUT2D eigenvalue weighted by molar-refractivity contribution is -0.132. The first-order valence-corrected chi connectivity index (χ1v) is 5.31. The maximum atomic E-state index is 13.4. The summed E-state index contributed by atoms with van der Waals surface area (Å²) in [6.45, 7) is 0.104. The van der Waals surface area contributed by atoms with Gasteiger partial charge >= 0.3 is 0 Å². The molecule has 0 heterocycles. The lowest BCUT2D eigenvalue weighted by Gasteiger charge is -2.19. The molecule has 94 valence electrons. The van der Waals surface area contributed by atoms with Crippen LogP contribution in [0.3, 0.4) is 0 Å². The number of nitrogens with zero attached hydrogens (tertiary/aromatic N) is 1. The fraction of sp³-hybridized carbons (Fsp3) is 0.417. The Hall–Kier alpha value is -1.49. The summed E-state index contributed by atoms with van der Waals surface area (Å²) >= 11 is 0. The van der Waals surface area contributed by atoms with E-state index in [0.29, 0.717) is 0 Å². The summed E-state index contributed by atoms with van der Waals surface area (Å²) in [6.07, 6.45) is 0.108. The third-order valence-corrected chi connectivity index (χ3v) is 2.55. The highest BCUT2D eigenvalue weighted by atomic mass is 19.1. The highest BCUT2D eigenvalue weighted by Crippen LogP contribution is 2.15. The summed E-state index contributed by atoms with van der Waals surface area (Å²) < 4.78 is 26.4. The Morgan fingerprint density at radius 2 is 2.06 bits per heavy atom. The molecule has 3 nitrogen and oxygen atoms in total. The molecule has 1 unspecified atom stereocenters. The Balaban J connectivity index is 2.87. The van der Waals surface area contributed by atoms with E-state index in [9.17, 15) is 13.6 Å². The Morgan fingerprint density at radius 1 is 1.41 bits per heavy atom. The minimum absolute atomic E-state index is 0.104. The van der Waals surface area contributed by atoms with Crippen LogP contribution in [0.1, 0.15) is 5.56 Å². The van der Waals surface area contributed by atoms with Crippen LogP contribution in [0.2, 0.25) is 0 Å². The first-order chi connectivity index (χ1) is 7.95. The summed E-state index contributed by atoms with van der Waals surface area (Å²) in [5.41, 5.74) is 5.66. The number of hydrogen-bond acceptors (Lipinski definition) is 2. The van der Waals surface area contributed by atoms with Gasteiger partial charge in [0.05, 0.1) is 5.92 Å². The second-order valence-electron chi connectivity index (χ2n) is 4.11. The molecule has 1 atom stereocenters. The predicted molar refractivity (Wildman–Crippen MR) is 61.3 cm³/mol. The largest absolute Gasteiger partial charge is 0.349 e. The molecule has 0 radical (unpaired) electrons. The lowest BCUT2D eigenvalue weighted by Crippen LogP contribution is -2.35. The van der Waals surface area contributed by atoms with Gasteiger partial charge in [0.25, 0.3) is 0 Å². The molecule has 0 spiro atoms. The van der Waals surface area contributed by atoms with Crippen LogP contribution in [0.25, 0.3) is 0 Å². The highest BCUT2D eigenvalue weighted by Gasteiger charge is 2.20. The van der Waals surface area contributed by atoms with Crippen LogP contribution in [0.4, 0.5) is 8.78 Å². The smallest absolute Gasteiger partial charge is 0.226 e. The van der Waals surface area contributed by atoms with Crippen molar-refractivity contribution in [2.45, 2.75) is 6.42 Å². The monoisotopic (exact) mass is 242 g/mol. The van der Waals surface area contributed by atoms with Crippen molar-refractivity contribution in [3.05, 3.63) is 35.4 Å². The third kappa shape index (κ3) is 3.49. The Kier molecular flexibility index (Phi) is 4.57. The summed E-state index contributed by atoms with van der Waals surface area (Å²) in [7, 11) is 3.21. The van der Waals surface area contributed by atoms with E-state index < -0.39 is 17.6 Å². The molecular formula is C12H16F2N2O. The quantitative estimate of drug-likeness (QED) is 0.861. The molecule has 0 saturated carbocycles. The SMILES string of the molecule is CN(C)C(=O)C(CN)Cc1cc(F)ccc1F. The molecule has 0 aliphatic carbocycles. The molecule has 1 rings (SSSR count). The molecule has 0 aliphatic heterocycles. The third-order valence-electron chi connectivity index (χ3n) is 2.55. The molecule has 1 aromatic carbocycles. The first kappa shape index (κ1) is 13.6. The van der Waals surface area contributed by atoms with Crippen LogP contribution in [0.5, 0.6) is 0 Å².